The summed E-state index contributed by atoms with van der Waals surface area (Å²) < 4.78 is 7.52. The number of carbonyl (C=O) groups excluding carboxylic acids is 2. The Morgan fingerprint density at radius 1 is 1.07 bits per heavy atom. The van der Waals surface area contributed by atoms with Gasteiger partial charge in [-0.2, -0.15) is 0 Å². The number of aromatic nitrogens is 2. The van der Waals surface area contributed by atoms with Crippen LogP contribution in [-0.4, -0.2) is 40.6 Å². The number of hydrogen-bond acceptors (Lipinski definition) is 4. The van der Waals surface area contributed by atoms with Gasteiger partial charge in [0.25, 0.3) is 5.91 Å². The monoisotopic (exact) mass is 408 g/mol. The van der Waals surface area contributed by atoms with Gasteiger partial charge in [-0.3, -0.25) is 9.59 Å². The second-order valence-electron chi connectivity index (χ2n) is 7.46. The zero-order chi connectivity index (χ0) is 21.3. The quantitative estimate of drug-likeness (QED) is 0.505. The van der Waals surface area contributed by atoms with Crippen molar-refractivity contribution in [1.82, 2.24) is 20.2 Å². The average Bonchev–Trinajstić information content (AvgIpc) is 3.17. The Balaban J connectivity index is 1.43. The van der Waals surface area contributed by atoms with E-state index in [-0.39, 0.29) is 24.3 Å². The second-order valence-corrected chi connectivity index (χ2v) is 7.46. The first-order valence-electron chi connectivity index (χ1n) is 10.2. The molecule has 7 nitrogen and oxygen atoms in total. The molecule has 1 atom stereocenters. The first-order valence-corrected chi connectivity index (χ1v) is 10.2. The van der Waals surface area contributed by atoms with Crippen molar-refractivity contribution < 1.29 is 14.3 Å². The number of benzene rings is 2. The van der Waals surface area contributed by atoms with Gasteiger partial charge in [0.05, 0.1) is 17.4 Å². The fourth-order valence-electron chi connectivity index (χ4n) is 3.18. The van der Waals surface area contributed by atoms with Crippen molar-refractivity contribution in [2.24, 2.45) is 5.92 Å². The van der Waals surface area contributed by atoms with Crippen LogP contribution in [0.1, 0.15) is 20.3 Å². The van der Waals surface area contributed by atoms with E-state index < -0.39 is 6.04 Å². The summed E-state index contributed by atoms with van der Waals surface area (Å²) >= 11 is 0. The van der Waals surface area contributed by atoms with E-state index in [0.29, 0.717) is 12.3 Å². The molecule has 0 saturated heterocycles. The third-order valence-electron chi connectivity index (χ3n) is 4.78. The molecule has 1 aromatic heterocycles. The van der Waals surface area contributed by atoms with E-state index in [2.05, 4.69) is 20.2 Å². The molecule has 0 fully saturated rings. The average molecular weight is 409 g/mol. The van der Waals surface area contributed by atoms with E-state index in [0.717, 1.165) is 24.0 Å². The molecule has 158 valence electrons. The zero-order valence-corrected chi connectivity index (χ0v) is 17.4. The van der Waals surface area contributed by atoms with E-state index in [9.17, 15) is 9.59 Å². The third-order valence-corrected chi connectivity index (χ3v) is 4.78. The molecule has 1 heterocycles. The predicted molar refractivity (Wildman–Crippen MR) is 116 cm³/mol. The van der Waals surface area contributed by atoms with E-state index in [1.165, 1.54) is 0 Å². The summed E-state index contributed by atoms with van der Waals surface area (Å²) in [5.41, 5.74) is 2.04. The number of ether oxygens (including phenoxy) is 1. The van der Waals surface area contributed by atoms with E-state index >= 15 is 0 Å². The van der Waals surface area contributed by atoms with Crippen molar-refractivity contribution in [2.45, 2.75) is 32.9 Å². The molecule has 2 N–H and O–H groups in total. The van der Waals surface area contributed by atoms with Crippen LogP contribution in [0.2, 0.25) is 0 Å². The van der Waals surface area contributed by atoms with Crippen molar-refractivity contribution in [3.05, 3.63) is 60.9 Å². The van der Waals surface area contributed by atoms with Crippen molar-refractivity contribution in [3.8, 4) is 5.75 Å². The van der Waals surface area contributed by atoms with Crippen molar-refractivity contribution in [2.75, 3.05) is 13.2 Å². The van der Waals surface area contributed by atoms with Gasteiger partial charge >= 0.3 is 0 Å². The summed E-state index contributed by atoms with van der Waals surface area (Å²) in [4.78, 5) is 29.2. The maximum Gasteiger partial charge on any atom is 0.258 e. The molecule has 0 spiro atoms. The molecule has 0 aliphatic rings. The summed E-state index contributed by atoms with van der Waals surface area (Å²) in [6.45, 7) is 4.95. The van der Waals surface area contributed by atoms with Gasteiger partial charge in [-0.15, -0.1) is 0 Å². The van der Waals surface area contributed by atoms with Gasteiger partial charge in [-0.25, -0.2) is 4.98 Å². The molecular weight excluding hydrogens is 380 g/mol. The number of nitrogens with one attached hydrogen (secondary N) is 2. The zero-order valence-electron chi connectivity index (χ0n) is 17.4. The summed E-state index contributed by atoms with van der Waals surface area (Å²) in [5.74, 6) is 0.0691. The van der Waals surface area contributed by atoms with Crippen LogP contribution in [0.5, 0.6) is 5.75 Å². The Morgan fingerprint density at radius 3 is 2.57 bits per heavy atom. The lowest BCUT2D eigenvalue weighted by molar-refractivity contribution is -0.131. The molecule has 0 aliphatic heterocycles. The topological polar surface area (TPSA) is 85.2 Å². The molecular formula is C23H28N4O3. The fourth-order valence-corrected chi connectivity index (χ4v) is 3.18. The summed E-state index contributed by atoms with van der Waals surface area (Å²) in [7, 11) is 0. The molecule has 2 aromatic carbocycles. The lowest BCUT2D eigenvalue weighted by Crippen LogP contribution is -2.51. The molecule has 0 saturated carbocycles. The number of aryl methyl sites for hydroxylation is 1. The van der Waals surface area contributed by atoms with E-state index in [4.69, 9.17) is 4.74 Å². The van der Waals surface area contributed by atoms with Gasteiger partial charge in [-0.05, 0) is 36.6 Å². The minimum atomic E-state index is -0.606. The number of para-hydroxylation sites is 3. The van der Waals surface area contributed by atoms with Crippen molar-refractivity contribution in [3.63, 3.8) is 0 Å². The third kappa shape index (κ3) is 5.83. The minimum Gasteiger partial charge on any atom is -0.484 e. The number of amides is 2. The highest BCUT2D eigenvalue weighted by atomic mass is 16.5. The predicted octanol–water partition coefficient (Wildman–Crippen LogP) is 2.76. The summed E-state index contributed by atoms with van der Waals surface area (Å²) in [6, 6.07) is 16.5. The van der Waals surface area contributed by atoms with Crippen LogP contribution < -0.4 is 15.4 Å². The molecule has 3 aromatic rings. The Morgan fingerprint density at radius 2 is 1.80 bits per heavy atom. The number of imidazole rings is 1. The Hall–Kier alpha value is -3.35. The molecule has 0 unspecified atom stereocenters. The molecule has 0 bridgehead atoms. The molecule has 2 amide bonds. The van der Waals surface area contributed by atoms with Gasteiger partial charge in [0.1, 0.15) is 11.8 Å². The van der Waals surface area contributed by atoms with Crippen LogP contribution in [0.15, 0.2) is 60.9 Å². The molecule has 0 aliphatic carbocycles. The first kappa shape index (κ1) is 21.4. The van der Waals surface area contributed by atoms with Crippen LogP contribution in [0.4, 0.5) is 0 Å². The van der Waals surface area contributed by atoms with Crippen molar-refractivity contribution >= 4 is 22.8 Å². The molecule has 3 rings (SSSR count). The standard InChI is InChI=1S/C23H28N4O3/c1-17(2)22(26-21(28)15-30-18-9-4-3-5-10-18)23(29)24-13-8-14-27-16-25-19-11-6-7-12-20(19)27/h3-7,9-12,16-17,22H,8,13-15H2,1-2H3,(H,24,29)(H,26,28)/t22-/m0/s1. The van der Waals surface area contributed by atoms with Crippen molar-refractivity contribution in [1.29, 1.82) is 0 Å². The Bertz CT molecular complexity index is 969. The molecule has 0 radical (unpaired) electrons. The van der Waals surface area contributed by atoms with E-state index in [1.54, 1.807) is 12.1 Å². The highest BCUT2D eigenvalue weighted by Gasteiger charge is 2.24. The second kappa shape index (κ2) is 10.4. The minimum absolute atomic E-state index is 0.0386. The number of hydrogen-bond donors (Lipinski definition) is 2. The largest absolute Gasteiger partial charge is 0.484 e. The van der Waals surface area contributed by atoms with Crippen LogP contribution in [-0.2, 0) is 16.1 Å². The Kier molecular flexibility index (Phi) is 7.43. The van der Waals surface area contributed by atoms with E-state index in [1.807, 2.05) is 62.6 Å². The van der Waals surface area contributed by atoms with Gasteiger partial charge in [0.15, 0.2) is 6.61 Å². The summed E-state index contributed by atoms with van der Waals surface area (Å²) in [6.07, 6.45) is 2.58. The fraction of sp³-hybridized carbons (Fsp3) is 0.348. The number of nitrogens with zero attached hydrogens (tertiary/aromatic N) is 2. The van der Waals surface area contributed by atoms with Gasteiger partial charge in [0.2, 0.25) is 5.91 Å². The summed E-state index contributed by atoms with van der Waals surface area (Å²) in [5, 5.41) is 5.70. The Labute approximate surface area is 176 Å². The van der Waals surface area contributed by atoms with Gasteiger partial charge < -0.3 is 19.9 Å². The lowest BCUT2D eigenvalue weighted by atomic mass is 10.0. The molecule has 7 heteroatoms. The lowest BCUT2D eigenvalue weighted by Gasteiger charge is -2.22. The van der Waals surface area contributed by atoms with Crippen LogP contribution in [0.25, 0.3) is 11.0 Å². The SMILES string of the molecule is CC(C)[C@H](NC(=O)COc1ccccc1)C(=O)NCCCn1cnc2ccccc21. The number of carbonyl (C=O) groups is 2. The molecule has 30 heavy (non-hydrogen) atoms. The maximum atomic E-state index is 12.6. The maximum absolute atomic E-state index is 12.6. The van der Waals surface area contributed by atoms with Gasteiger partial charge in [-0.1, -0.05) is 44.2 Å². The van der Waals surface area contributed by atoms with Gasteiger partial charge in [0, 0.05) is 13.1 Å². The number of rotatable bonds is 10. The van der Waals surface area contributed by atoms with Crippen LogP contribution >= 0.6 is 0 Å². The normalized spacial score (nSPS) is 12.0. The van der Waals surface area contributed by atoms with Crippen LogP contribution in [0, 0.1) is 5.92 Å². The highest BCUT2D eigenvalue weighted by Crippen LogP contribution is 2.12. The highest BCUT2D eigenvalue weighted by molar-refractivity contribution is 5.88. The number of fused-ring (bicyclic) bond motifs is 1. The smallest absolute Gasteiger partial charge is 0.258 e. The van der Waals surface area contributed by atoms with Crippen LogP contribution in [0.3, 0.4) is 0 Å². The first-order chi connectivity index (χ1) is 14.5.